The molecule has 5 heteroatoms. The van der Waals surface area contributed by atoms with Crippen LogP contribution in [0, 0.1) is 0 Å². The van der Waals surface area contributed by atoms with Gasteiger partial charge in [-0.1, -0.05) is 12.1 Å². The number of β-lactam (4-membered cyclic amide) rings is 1. The van der Waals surface area contributed by atoms with Crippen LogP contribution in [-0.4, -0.2) is 36.3 Å². The van der Waals surface area contributed by atoms with E-state index in [0.717, 1.165) is 5.56 Å². The van der Waals surface area contributed by atoms with Crippen LogP contribution < -0.4 is 4.84 Å². The predicted molar refractivity (Wildman–Crippen MR) is 60.2 cm³/mol. The normalized spacial score (nSPS) is 16.6. The van der Waals surface area contributed by atoms with Gasteiger partial charge >= 0.3 is 0 Å². The van der Waals surface area contributed by atoms with Gasteiger partial charge in [0, 0.05) is 7.11 Å². The van der Waals surface area contributed by atoms with E-state index in [1.807, 2.05) is 0 Å². The Kier molecular flexibility index (Phi) is 3.61. The third-order valence-electron chi connectivity index (χ3n) is 2.61. The second kappa shape index (κ2) is 5.16. The molecule has 1 saturated heterocycles. The fourth-order valence-electron chi connectivity index (χ4n) is 1.52. The Bertz CT molecular complexity index is 390. The molecule has 2 rings (SSSR count). The van der Waals surface area contributed by atoms with Gasteiger partial charge in [0.25, 0.3) is 5.91 Å². The number of aliphatic hydroxyl groups is 1. The molecule has 1 aromatic carbocycles. The molecule has 0 aromatic heterocycles. The third kappa shape index (κ3) is 2.75. The minimum Gasteiger partial charge on any atom is -0.386 e. The van der Waals surface area contributed by atoms with E-state index in [1.165, 1.54) is 12.2 Å². The Morgan fingerprint density at radius 1 is 1.41 bits per heavy atom. The predicted octanol–water partition coefficient (Wildman–Crippen LogP) is 0.893. The number of benzene rings is 1. The maximum atomic E-state index is 11.0. The second-order valence-electron chi connectivity index (χ2n) is 3.88. The molecule has 1 aromatic rings. The zero-order chi connectivity index (χ0) is 12.3. The summed E-state index contributed by atoms with van der Waals surface area (Å²) in [6, 6.07) is 6.95. The number of carbonyl (C=O) groups is 1. The van der Waals surface area contributed by atoms with E-state index in [-0.39, 0.29) is 12.5 Å². The highest BCUT2D eigenvalue weighted by atomic mass is 16.7. The van der Waals surface area contributed by atoms with Crippen molar-refractivity contribution in [2.45, 2.75) is 12.5 Å². The lowest BCUT2D eigenvalue weighted by Crippen LogP contribution is -2.45. The average Bonchev–Trinajstić information content (AvgIpc) is 2.35. The molecule has 92 valence electrons. The first-order valence-corrected chi connectivity index (χ1v) is 5.46. The Morgan fingerprint density at radius 2 is 2.12 bits per heavy atom. The molecule has 1 fully saturated rings. The van der Waals surface area contributed by atoms with Crippen molar-refractivity contribution in [1.29, 1.82) is 0 Å². The zero-order valence-corrected chi connectivity index (χ0v) is 9.63. The number of rotatable bonds is 5. The minimum absolute atomic E-state index is 0.00602. The monoisotopic (exact) mass is 237 g/mol. The van der Waals surface area contributed by atoms with E-state index in [1.54, 1.807) is 24.3 Å². The van der Waals surface area contributed by atoms with Crippen molar-refractivity contribution in [1.82, 2.24) is 5.06 Å². The molecular weight excluding hydrogens is 222 g/mol. The number of ether oxygens (including phenoxy) is 1. The second-order valence-corrected chi connectivity index (χ2v) is 3.88. The van der Waals surface area contributed by atoms with Crippen molar-refractivity contribution in [3.63, 3.8) is 0 Å². The van der Waals surface area contributed by atoms with Gasteiger partial charge in [0.1, 0.15) is 6.10 Å². The minimum atomic E-state index is -0.639. The molecule has 1 heterocycles. The highest BCUT2D eigenvalue weighted by Crippen LogP contribution is 2.20. The van der Waals surface area contributed by atoms with Crippen LogP contribution >= 0.6 is 0 Å². The van der Waals surface area contributed by atoms with E-state index < -0.39 is 6.10 Å². The van der Waals surface area contributed by atoms with E-state index in [0.29, 0.717) is 18.7 Å². The summed E-state index contributed by atoms with van der Waals surface area (Å²) < 4.78 is 4.86. The molecule has 0 bridgehead atoms. The van der Waals surface area contributed by atoms with E-state index in [2.05, 4.69) is 0 Å². The van der Waals surface area contributed by atoms with Crippen molar-refractivity contribution in [3.05, 3.63) is 29.8 Å². The van der Waals surface area contributed by atoms with Gasteiger partial charge in [-0.05, 0) is 17.7 Å². The maximum absolute atomic E-state index is 11.0. The topological polar surface area (TPSA) is 59.0 Å². The molecule has 1 unspecified atom stereocenters. The molecule has 1 aliphatic heterocycles. The first-order valence-electron chi connectivity index (χ1n) is 5.46. The number of hydrogen-bond acceptors (Lipinski definition) is 4. The van der Waals surface area contributed by atoms with E-state index in [9.17, 15) is 9.90 Å². The lowest BCUT2D eigenvalue weighted by Gasteiger charge is -2.29. The number of amides is 1. The van der Waals surface area contributed by atoms with Crippen molar-refractivity contribution in [2.75, 3.05) is 20.3 Å². The van der Waals surface area contributed by atoms with E-state index in [4.69, 9.17) is 9.57 Å². The van der Waals surface area contributed by atoms with Gasteiger partial charge in [0.05, 0.1) is 19.6 Å². The standard InChI is InChI=1S/C12H15NO4/c1-16-8-11(14)9-2-4-10(5-3-9)17-13-7-6-12(13)15/h2-5,11,14H,6-8H2,1H3. The summed E-state index contributed by atoms with van der Waals surface area (Å²) in [5.74, 6) is 0.583. The molecule has 0 radical (unpaired) electrons. The molecule has 1 atom stereocenters. The van der Waals surface area contributed by atoms with Crippen LogP contribution in [0.3, 0.4) is 0 Å². The van der Waals surface area contributed by atoms with Gasteiger partial charge in [-0.15, -0.1) is 0 Å². The first-order chi connectivity index (χ1) is 8.20. The van der Waals surface area contributed by atoms with Gasteiger partial charge in [-0.2, -0.15) is 5.06 Å². The number of nitrogens with zero attached hydrogens (tertiary/aromatic N) is 1. The number of aliphatic hydroxyl groups excluding tert-OH is 1. The van der Waals surface area contributed by atoms with Crippen LogP contribution in [0.15, 0.2) is 24.3 Å². The van der Waals surface area contributed by atoms with Crippen molar-refractivity contribution < 1.29 is 19.5 Å². The summed E-state index contributed by atoms with van der Waals surface area (Å²) in [5.41, 5.74) is 0.758. The van der Waals surface area contributed by atoms with Gasteiger partial charge < -0.3 is 14.7 Å². The quantitative estimate of drug-likeness (QED) is 0.773. The van der Waals surface area contributed by atoms with Crippen LogP contribution in [0.1, 0.15) is 18.1 Å². The average molecular weight is 237 g/mol. The van der Waals surface area contributed by atoms with E-state index >= 15 is 0 Å². The first kappa shape index (κ1) is 11.9. The van der Waals surface area contributed by atoms with Crippen molar-refractivity contribution in [3.8, 4) is 5.75 Å². The molecule has 17 heavy (non-hydrogen) atoms. The SMILES string of the molecule is COCC(O)c1ccc(ON2CCC2=O)cc1. The highest BCUT2D eigenvalue weighted by molar-refractivity contribution is 5.80. The third-order valence-corrected chi connectivity index (χ3v) is 2.61. The maximum Gasteiger partial charge on any atom is 0.257 e. The van der Waals surface area contributed by atoms with Crippen LogP contribution in [0.5, 0.6) is 5.75 Å². The lowest BCUT2D eigenvalue weighted by molar-refractivity contribution is -0.174. The summed E-state index contributed by atoms with van der Waals surface area (Å²) in [6.07, 6.45) is -0.0929. The van der Waals surface area contributed by atoms with Crippen LogP contribution in [-0.2, 0) is 9.53 Å². The fourth-order valence-corrected chi connectivity index (χ4v) is 1.52. The lowest BCUT2D eigenvalue weighted by atomic mass is 10.1. The van der Waals surface area contributed by atoms with Crippen LogP contribution in [0.25, 0.3) is 0 Å². The molecule has 0 saturated carbocycles. The molecule has 5 nitrogen and oxygen atoms in total. The molecule has 1 aliphatic rings. The molecule has 0 spiro atoms. The summed E-state index contributed by atoms with van der Waals surface area (Å²) in [6.45, 7) is 0.887. The summed E-state index contributed by atoms with van der Waals surface area (Å²) in [7, 11) is 1.54. The molecule has 0 aliphatic carbocycles. The smallest absolute Gasteiger partial charge is 0.257 e. The van der Waals surface area contributed by atoms with Crippen LogP contribution in [0.2, 0.25) is 0 Å². The van der Waals surface area contributed by atoms with Gasteiger partial charge in [-0.3, -0.25) is 4.79 Å². The highest BCUT2D eigenvalue weighted by Gasteiger charge is 2.25. The van der Waals surface area contributed by atoms with Gasteiger partial charge in [0.15, 0.2) is 5.75 Å². The number of hydroxylamine groups is 2. The Labute approximate surface area is 99.5 Å². The largest absolute Gasteiger partial charge is 0.386 e. The molecule has 1 amide bonds. The Hall–Kier alpha value is -1.59. The molecule has 1 N–H and O–H groups in total. The fraction of sp³-hybridized carbons (Fsp3) is 0.417. The Balaban J connectivity index is 1.95. The van der Waals surface area contributed by atoms with Crippen molar-refractivity contribution >= 4 is 5.91 Å². The summed E-state index contributed by atoms with van der Waals surface area (Å²) in [5, 5.41) is 11.0. The van der Waals surface area contributed by atoms with Crippen LogP contribution in [0.4, 0.5) is 0 Å². The molecular formula is C12H15NO4. The van der Waals surface area contributed by atoms with Crippen molar-refractivity contribution in [2.24, 2.45) is 0 Å². The van der Waals surface area contributed by atoms with Gasteiger partial charge in [0.2, 0.25) is 0 Å². The number of methoxy groups -OCH3 is 1. The summed E-state index contributed by atoms with van der Waals surface area (Å²) >= 11 is 0. The zero-order valence-electron chi connectivity index (χ0n) is 9.63. The number of carbonyl (C=O) groups excluding carboxylic acids is 1. The summed E-state index contributed by atoms with van der Waals surface area (Å²) in [4.78, 5) is 16.4. The number of hydrogen-bond donors (Lipinski definition) is 1. The Morgan fingerprint density at radius 3 is 2.59 bits per heavy atom. The van der Waals surface area contributed by atoms with Gasteiger partial charge in [-0.25, -0.2) is 0 Å².